The van der Waals surface area contributed by atoms with Crippen molar-refractivity contribution in [2.45, 2.75) is 12.6 Å². The molecule has 124 valence electrons. The number of pyridine rings is 1. The van der Waals surface area contributed by atoms with Crippen LogP contribution in [0.5, 0.6) is 0 Å². The molecule has 0 bridgehead atoms. The first kappa shape index (κ1) is 16.9. The van der Waals surface area contributed by atoms with Crippen LogP contribution in [0.3, 0.4) is 0 Å². The van der Waals surface area contributed by atoms with Gasteiger partial charge in [-0.2, -0.15) is 13.2 Å². The van der Waals surface area contributed by atoms with Crippen LogP contribution in [-0.2, 0) is 4.74 Å². The van der Waals surface area contributed by atoms with Gasteiger partial charge in [-0.25, -0.2) is 0 Å². The molecule has 0 spiro atoms. The fourth-order valence-corrected chi connectivity index (χ4v) is 1.68. The highest BCUT2D eigenvalue weighted by molar-refractivity contribution is 5.93. The van der Waals surface area contributed by atoms with Gasteiger partial charge in [0.2, 0.25) is 0 Å². The van der Waals surface area contributed by atoms with Gasteiger partial charge >= 0.3 is 6.18 Å². The van der Waals surface area contributed by atoms with E-state index in [0.717, 1.165) is 0 Å². The Bertz CT molecular complexity index is 629. The molecule has 0 atom stereocenters. The zero-order chi connectivity index (χ0) is 16.7. The molecule has 0 radical (unpaired) electrons. The number of carbonyl (C=O) groups excluding carboxylic acids is 1. The first-order valence-corrected chi connectivity index (χ1v) is 6.75. The second kappa shape index (κ2) is 7.73. The molecule has 0 saturated carbocycles. The van der Waals surface area contributed by atoms with E-state index in [1.807, 2.05) is 0 Å². The second-order valence-electron chi connectivity index (χ2n) is 4.60. The average molecular weight is 329 g/mol. The molecule has 2 aromatic rings. The van der Waals surface area contributed by atoms with Crippen molar-refractivity contribution in [2.24, 2.45) is 0 Å². The first-order valence-electron chi connectivity index (χ1n) is 6.75. The first-order chi connectivity index (χ1) is 11.0. The largest absolute Gasteiger partial charge is 0.411 e. The Labute approximate surface area is 129 Å². The molecule has 2 aromatic heterocycles. The minimum atomic E-state index is -4.34. The summed E-state index contributed by atoms with van der Waals surface area (Å²) < 4.78 is 45.0. The number of halogens is 3. The summed E-state index contributed by atoms with van der Waals surface area (Å²) in [5.41, 5.74) is 0.764. The maximum atomic E-state index is 11.8. The van der Waals surface area contributed by atoms with Crippen LogP contribution in [0.25, 0.3) is 11.3 Å². The van der Waals surface area contributed by atoms with E-state index in [2.05, 4.69) is 20.2 Å². The number of ether oxygens (including phenoxy) is 1. The molecule has 1 N–H and O–H groups in total. The van der Waals surface area contributed by atoms with Gasteiger partial charge < -0.3 is 14.6 Å². The topological polar surface area (TPSA) is 77.2 Å². The molecule has 23 heavy (non-hydrogen) atoms. The quantitative estimate of drug-likeness (QED) is 0.790. The summed E-state index contributed by atoms with van der Waals surface area (Å²) in [5.74, 6) is -0.0727. The van der Waals surface area contributed by atoms with E-state index in [1.54, 1.807) is 24.5 Å². The molecule has 2 rings (SSSR count). The van der Waals surface area contributed by atoms with E-state index >= 15 is 0 Å². The van der Waals surface area contributed by atoms with E-state index in [1.165, 1.54) is 6.07 Å². The van der Waals surface area contributed by atoms with Gasteiger partial charge in [0.15, 0.2) is 11.5 Å². The zero-order valence-electron chi connectivity index (χ0n) is 12.0. The van der Waals surface area contributed by atoms with Crippen molar-refractivity contribution >= 4 is 5.91 Å². The van der Waals surface area contributed by atoms with E-state index in [0.29, 0.717) is 11.3 Å². The summed E-state index contributed by atoms with van der Waals surface area (Å²) in [6.07, 6.45) is -0.906. The molecule has 0 aromatic carbocycles. The molecule has 0 saturated heterocycles. The third-order valence-corrected chi connectivity index (χ3v) is 2.71. The summed E-state index contributed by atoms with van der Waals surface area (Å²) >= 11 is 0. The van der Waals surface area contributed by atoms with E-state index in [9.17, 15) is 18.0 Å². The molecular weight excluding hydrogens is 315 g/mol. The number of hydrogen-bond donors (Lipinski definition) is 1. The molecule has 1 amide bonds. The van der Waals surface area contributed by atoms with Gasteiger partial charge in [0.25, 0.3) is 5.91 Å². The lowest BCUT2D eigenvalue weighted by molar-refractivity contribution is -0.173. The average Bonchev–Trinajstić information content (AvgIpc) is 3.00. The lowest BCUT2D eigenvalue weighted by Gasteiger charge is -2.07. The van der Waals surface area contributed by atoms with Crippen LogP contribution in [0.2, 0.25) is 0 Å². The Kier molecular flexibility index (Phi) is 5.69. The Hall–Kier alpha value is -2.42. The minimum Gasteiger partial charge on any atom is -0.372 e. The van der Waals surface area contributed by atoms with Crippen molar-refractivity contribution in [3.8, 4) is 11.3 Å². The third-order valence-electron chi connectivity index (χ3n) is 2.71. The number of rotatable bonds is 7. The molecule has 0 fully saturated rings. The number of aromatic nitrogens is 2. The Morgan fingerprint density at radius 3 is 2.91 bits per heavy atom. The zero-order valence-corrected chi connectivity index (χ0v) is 12.0. The Morgan fingerprint density at radius 2 is 2.22 bits per heavy atom. The number of amides is 1. The SMILES string of the molecule is O=C(NCCCOCC(F)(F)F)c1cc(-c2cccnc2)on1. The molecule has 0 aliphatic heterocycles. The van der Waals surface area contributed by atoms with Crippen molar-refractivity contribution in [3.05, 3.63) is 36.3 Å². The number of nitrogens with one attached hydrogen (secondary N) is 1. The lowest BCUT2D eigenvalue weighted by Crippen LogP contribution is -2.26. The Balaban J connectivity index is 1.73. The van der Waals surface area contributed by atoms with Crippen LogP contribution in [0.4, 0.5) is 13.2 Å². The molecule has 0 aliphatic rings. The predicted octanol–water partition coefficient (Wildman–Crippen LogP) is 2.44. The number of nitrogens with zero attached hydrogens (tertiary/aromatic N) is 2. The smallest absolute Gasteiger partial charge is 0.372 e. The van der Waals surface area contributed by atoms with Crippen LogP contribution in [0.1, 0.15) is 16.9 Å². The normalized spacial score (nSPS) is 11.4. The molecule has 2 heterocycles. The standard InChI is InChI=1S/C14H14F3N3O3/c15-14(16,17)9-22-6-2-5-19-13(21)11-7-12(23-20-11)10-3-1-4-18-8-10/h1,3-4,7-8H,2,5-6,9H2,(H,19,21). The highest BCUT2D eigenvalue weighted by Gasteiger charge is 2.27. The van der Waals surface area contributed by atoms with Crippen LogP contribution in [-0.4, -0.2) is 42.0 Å². The summed E-state index contributed by atoms with van der Waals surface area (Å²) in [6, 6.07) is 4.94. The molecule has 9 heteroatoms. The van der Waals surface area contributed by atoms with Crippen molar-refractivity contribution in [1.29, 1.82) is 0 Å². The van der Waals surface area contributed by atoms with Crippen molar-refractivity contribution < 1.29 is 27.2 Å². The summed E-state index contributed by atoms with van der Waals surface area (Å²) in [4.78, 5) is 15.7. The maximum Gasteiger partial charge on any atom is 0.411 e. The number of hydrogen-bond acceptors (Lipinski definition) is 5. The van der Waals surface area contributed by atoms with E-state index in [4.69, 9.17) is 4.52 Å². The second-order valence-corrected chi connectivity index (χ2v) is 4.60. The van der Waals surface area contributed by atoms with Gasteiger partial charge in [-0.3, -0.25) is 9.78 Å². The molecule has 0 aliphatic carbocycles. The van der Waals surface area contributed by atoms with Crippen molar-refractivity contribution in [2.75, 3.05) is 19.8 Å². The van der Waals surface area contributed by atoms with Gasteiger partial charge in [-0.1, -0.05) is 5.16 Å². The maximum absolute atomic E-state index is 11.8. The lowest BCUT2D eigenvalue weighted by atomic mass is 10.2. The van der Waals surface area contributed by atoms with Gasteiger partial charge in [0, 0.05) is 37.2 Å². The summed E-state index contributed by atoms with van der Waals surface area (Å²) in [5, 5.41) is 6.17. The van der Waals surface area contributed by atoms with Crippen LogP contribution < -0.4 is 5.32 Å². The van der Waals surface area contributed by atoms with Gasteiger partial charge in [0.05, 0.1) is 0 Å². The highest BCUT2D eigenvalue weighted by atomic mass is 19.4. The fourth-order valence-electron chi connectivity index (χ4n) is 1.68. The van der Waals surface area contributed by atoms with Crippen LogP contribution in [0.15, 0.2) is 35.1 Å². The number of alkyl halides is 3. The summed E-state index contributed by atoms with van der Waals surface area (Å²) in [7, 11) is 0. The van der Waals surface area contributed by atoms with Crippen molar-refractivity contribution in [3.63, 3.8) is 0 Å². The Morgan fingerprint density at radius 1 is 1.39 bits per heavy atom. The molecular formula is C14H14F3N3O3. The van der Waals surface area contributed by atoms with Gasteiger partial charge in [0.1, 0.15) is 6.61 Å². The van der Waals surface area contributed by atoms with Crippen molar-refractivity contribution in [1.82, 2.24) is 15.5 Å². The monoisotopic (exact) mass is 329 g/mol. The predicted molar refractivity (Wildman–Crippen MR) is 73.6 cm³/mol. The molecule has 0 unspecified atom stereocenters. The van der Waals surface area contributed by atoms with E-state index in [-0.39, 0.29) is 25.3 Å². The summed E-state index contributed by atoms with van der Waals surface area (Å²) in [6.45, 7) is -1.22. The van der Waals surface area contributed by atoms with Crippen LogP contribution in [0, 0.1) is 0 Å². The minimum absolute atomic E-state index is 0.0834. The highest BCUT2D eigenvalue weighted by Crippen LogP contribution is 2.18. The number of carbonyl (C=O) groups is 1. The van der Waals surface area contributed by atoms with E-state index < -0.39 is 18.7 Å². The van der Waals surface area contributed by atoms with Crippen LogP contribution >= 0.6 is 0 Å². The van der Waals surface area contributed by atoms with Gasteiger partial charge in [-0.05, 0) is 18.6 Å². The van der Waals surface area contributed by atoms with Gasteiger partial charge in [-0.15, -0.1) is 0 Å². The third kappa shape index (κ3) is 5.70. The fraction of sp³-hybridized carbons (Fsp3) is 0.357. The molecule has 6 nitrogen and oxygen atoms in total.